The van der Waals surface area contributed by atoms with Gasteiger partial charge in [-0.05, 0) is 30.5 Å². The molecule has 4 N–H and O–H groups in total. The molecular formula is C18H17ClN6O5. The first-order chi connectivity index (χ1) is 14.1. The number of aromatic nitrogens is 2. The number of carbonyl (C=O) groups is 2. The Morgan fingerprint density at radius 2 is 2.07 bits per heavy atom. The smallest absolute Gasteiger partial charge is 0.411 e. The fourth-order valence-corrected chi connectivity index (χ4v) is 2.62. The Labute approximate surface area is 175 Å². The Hall–Kier alpha value is -3.91. The van der Waals surface area contributed by atoms with E-state index in [2.05, 4.69) is 20.7 Å². The van der Waals surface area contributed by atoms with Crippen molar-refractivity contribution in [1.29, 1.82) is 5.26 Å². The summed E-state index contributed by atoms with van der Waals surface area (Å²) in [6, 6.07) is 6.01. The molecule has 0 aliphatic heterocycles. The fraction of sp³-hybridized carbons (Fsp3) is 0.222. The van der Waals surface area contributed by atoms with Crippen molar-refractivity contribution in [2.75, 3.05) is 5.43 Å². The number of aromatic amines is 1. The lowest BCUT2D eigenvalue weighted by atomic mass is 10.1. The standard InChI is InChI=1S/C18H17ClN6O5/c1-8(2)11-6-14(24-25-16(11)26)30-15-9(3)4-10(5-12(15)19)22-23-13(7-20)17(27)21-18(28)29/h4-6,8,22H,1-3H3,(H,21,27)(H,25,26)(H,28,29)/b23-13+. The number of H-pyrrole nitrogens is 1. The van der Waals surface area contributed by atoms with E-state index in [0.29, 0.717) is 16.8 Å². The number of carboxylic acid groups (broad SMARTS) is 1. The molecule has 0 saturated heterocycles. The van der Waals surface area contributed by atoms with Gasteiger partial charge in [0.1, 0.15) is 6.07 Å². The van der Waals surface area contributed by atoms with E-state index in [0.717, 1.165) is 0 Å². The highest BCUT2D eigenvalue weighted by Gasteiger charge is 2.15. The Balaban J connectivity index is 2.26. The number of halogens is 1. The second-order valence-electron chi connectivity index (χ2n) is 6.29. The van der Waals surface area contributed by atoms with Gasteiger partial charge in [0.25, 0.3) is 11.5 Å². The molecule has 1 heterocycles. The summed E-state index contributed by atoms with van der Waals surface area (Å²) in [4.78, 5) is 33.8. The molecule has 11 nitrogen and oxygen atoms in total. The van der Waals surface area contributed by atoms with Crippen molar-refractivity contribution in [2.24, 2.45) is 5.10 Å². The van der Waals surface area contributed by atoms with E-state index in [9.17, 15) is 14.4 Å². The van der Waals surface area contributed by atoms with Gasteiger partial charge in [-0.3, -0.25) is 20.3 Å². The molecule has 0 radical (unpaired) electrons. The van der Waals surface area contributed by atoms with Gasteiger partial charge in [-0.2, -0.15) is 10.4 Å². The third kappa shape index (κ3) is 5.55. The highest BCUT2D eigenvalue weighted by molar-refractivity contribution is 6.46. The number of anilines is 1. The second kappa shape index (κ2) is 9.53. The monoisotopic (exact) mass is 432 g/mol. The summed E-state index contributed by atoms with van der Waals surface area (Å²) in [7, 11) is 0. The number of nitriles is 1. The molecule has 0 atom stereocenters. The topological polar surface area (TPSA) is 170 Å². The molecule has 0 aliphatic rings. The lowest BCUT2D eigenvalue weighted by Gasteiger charge is -2.13. The van der Waals surface area contributed by atoms with Gasteiger partial charge < -0.3 is 9.84 Å². The second-order valence-corrected chi connectivity index (χ2v) is 6.70. The van der Waals surface area contributed by atoms with Crippen molar-refractivity contribution >= 4 is 35.0 Å². The molecular weight excluding hydrogens is 416 g/mol. The fourth-order valence-electron chi connectivity index (χ4n) is 2.31. The Kier molecular flexibility index (Phi) is 7.11. The van der Waals surface area contributed by atoms with Crippen LogP contribution in [0.2, 0.25) is 5.02 Å². The number of aryl methyl sites for hydroxylation is 1. The van der Waals surface area contributed by atoms with Gasteiger partial charge in [-0.15, -0.1) is 5.10 Å². The molecule has 30 heavy (non-hydrogen) atoms. The van der Waals surface area contributed by atoms with Crippen LogP contribution < -0.4 is 21.0 Å². The van der Waals surface area contributed by atoms with E-state index in [-0.39, 0.29) is 28.1 Å². The number of nitrogens with one attached hydrogen (secondary N) is 3. The highest BCUT2D eigenvalue weighted by atomic mass is 35.5. The summed E-state index contributed by atoms with van der Waals surface area (Å²) in [5.41, 5.74) is 2.85. The van der Waals surface area contributed by atoms with Crippen LogP contribution in [0.4, 0.5) is 10.5 Å². The number of ether oxygens (including phenoxy) is 1. The van der Waals surface area contributed by atoms with Crippen LogP contribution in [0.25, 0.3) is 0 Å². The Bertz CT molecular complexity index is 1100. The van der Waals surface area contributed by atoms with Crippen molar-refractivity contribution in [3.05, 3.63) is 44.7 Å². The van der Waals surface area contributed by atoms with Crippen LogP contribution in [0, 0.1) is 18.3 Å². The molecule has 1 aromatic carbocycles. The van der Waals surface area contributed by atoms with Gasteiger partial charge in [0.15, 0.2) is 5.75 Å². The lowest BCUT2D eigenvalue weighted by molar-refractivity contribution is -0.114. The van der Waals surface area contributed by atoms with E-state index in [1.165, 1.54) is 23.5 Å². The number of nitrogens with zero attached hydrogens (tertiary/aromatic N) is 3. The predicted octanol–water partition coefficient (Wildman–Crippen LogP) is 2.73. The minimum atomic E-state index is -1.61. The molecule has 0 spiro atoms. The zero-order valence-corrected chi connectivity index (χ0v) is 16.9. The van der Waals surface area contributed by atoms with Gasteiger partial charge in [0, 0.05) is 11.6 Å². The zero-order valence-electron chi connectivity index (χ0n) is 16.1. The van der Waals surface area contributed by atoms with E-state index < -0.39 is 17.7 Å². The minimum Gasteiger partial charge on any atom is -0.465 e. The first-order valence-corrected chi connectivity index (χ1v) is 8.85. The van der Waals surface area contributed by atoms with Crippen LogP contribution in [0.15, 0.2) is 28.1 Å². The largest absolute Gasteiger partial charge is 0.465 e. The van der Waals surface area contributed by atoms with Gasteiger partial charge in [-0.25, -0.2) is 9.89 Å². The molecule has 1 aromatic heterocycles. The van der Waals surface area contributed by atoms with E-state index in [1.807, 2.05) is 13.8 Å². The van der Waals surface area contributed by atoms with Crippen LogP contribution in [-0.2, 0) is 4.79 Å². The number of carbonyl (C=O) groups excluding carboxylic acids is 1. The van der Waals surface area contributed by atoms with Crippen molar-refractivity contribution in [3.8, 4) is 17.7 Å². The number of hydrogen-bond donors (Lipinski definition) is 4. The number of hydrazone groups is 1. The SMILES string of the molecule is Cc1cc(N/N=C(\C#N)C(=O)NC(=O)O)cc(Cl)c1Oc1cc(C(C)C)c(=O)[nH]n1. The number of hydrogen-bond acceptors (Lipinski definition) is 8. The minimum absolute atomic E-state index is 0.0345. The van der Waals surface area contributed by atoms with Gasteiger partial charge >= 0.3 is 6.09 Å². The van der Waals surface area contributed by atoms with Crippen molar-refractivity contribution in [3.63, 3.8) is 0 Å². The summed E-state index contributed by atoms with van der Waals surface area (Å²) in [6.45, 7) is 5.41. The summed E-state index contributed by atoms with van der Waals surface area (Å²) in [6.07, 6.45) is -1.61. The third-order valence-corrected chi connectivity index (χ3v) is 3.99. The zero-order chi connectivity index (χ0) is 22.4. The Morgan fingerprint density at radius 1 is 1.37 bits per heavy atom. The van der Waals surface area contributed by atoms with Crippen LogP contribution in [0.5, 0.6) is 11.6 Å². The molecule has 2 rings (SSSR count). The number of amides is 2. The highest BCUT2D eigenvalue weighted by Crippen LogP contribution is 2.35. The molecule has 0 bridgehead atoms. The lowest BCUT2D eigenvalue weighted by Crippen LogP contribution is -2.34. The van der Waals surface area contributed by atoms with Crippen molar-refractivity contribution in [2.45, 2.75) is 26.7 Å². The van der Waals surface area contributed by atoms with E-state index in [4.69, 9.17) is 26.7 Å². The first kappa shape index (κ1) is 22.4. The molecule has 0 fully saturated rings. The van der Waals surface area contributed by atoms with Crippen LogP contribution in [-0.4, -0.2) is 33.0 Å². The first-order valence-electron chi connectivity index (χ1n) is 8.48. The molecule has 12 heteroatoms. The summed E-state index contributed by atoms with van der Waals surface area (Å²) >= 11 is 6.26. The molecule has 0 saturated carbocycles. The number of benzene rings is 1. The van der Waals surface area contributed by atoms with Crippen LogP contribution in [0.1, 0.15) is 30.9 Å². The molecule has 156 valence electrons. The predicted molar refractivity (Wildman–Crippen MR) is 108 cm³/mol. The van der Waals surface area contributed by atoms with Gasteiger partial charge in [-0.1, -0.05) is 25.4 Å². The van der Waals surface area contributed by atoms with Gasteiger partial charge in [0.05, 0.1) is 10.7 Å². The summed E-state index contributed by atoms with van der Waals surface area (Å²) in [5, 5.41) is 28.9. The maximum absolute atomic E-state index is 11.8. The number of rotatable bonds is 6. The molecule has 0 unspecified atom stereocenters. The molecule has 2 aromatic rings. The summed E-state index contributed by atoms with van der Waals surface area (Å²) in [5.74, 6) is -0.776. The van der Waals surface area contributed by atoms with E-state index >= 15 is 0 Å². The summed E-state index contributed by atoms with van der Waals surface area (Å²) < 4.78 is 5.71. The average molecular weight is 433 g/mol. The molecule has 2 amide bonds. The average Bonchev–Trinajstić information content (AvgIpc) is 2.65. The quantitative estimate of drug-likeness (QED) is 0.398. The normalized spacial score (nSPS) is 11.0. The number of imide groups is 1. The third-order valence-electron chi connectivity index (χ3n) is 3.70. The maximum Gasteiger partial charge on any atom is 0.411 e. The maximum atomic E-state index is 11.8. The van der Waals surface area contributed by atoms with Crippen LogP contribution >= 0.6 is 11.6 Å². The Morgan fingerprint density at radius 3 is 2.63 bits per heavy atom. The molecule has 0 aliphatic carbocycles. The van der Waals surface area contributed by atoms with Crippen molar-refractivity contribution < 1.29 is 19.4 Å². The van der Waals surface area contributed by atoms with Gasteiger partial charge in [0.2, 0.25) is 11.6 Å². The van der Waals surface area contributed by atoms with E-state index in [1.54, 1.807) is 13.0 Å². The van der Waals surface area contributed by atoms with Crippen molar-refractivity contribution in [1.82, 2.24) is 15.5 Å². The van der Waals surface area contributed by atoms with Crippen LogP contribution in [0.3, 0.4) is 0 Å².